The van der Waals surface area contributed by atoms with Gasteiger partial charge in [-0.1, -0.05) is 53.5 Å². The van der Waals surface area contributed by atoms with E-state index < -0.39 is 16.1 Å². The number of halogens is 2. The molecule has 2 fully saturated rings. The lowest BCUT2D eigenvalue weighted by Crippen LogP contribution is -2.54. The highest BCUT2D eigenvalue weighted by molar-refractivity contribution is 7.89. The Morgan fingerprint density at radius 2 is 1.53 bits per heavy atom. The number of para-hydroxylation sites is 1. The van der Waals surface area contributed by atoms with Crippen LogP contribution in [0.15, 0.2) is 77.8 Å². The van der Waals surface area contributed by atoms with Crippen molar-refractivity contribution < 1.29 is 13.2 Å². The van der Waals surface area contributed by atoms with Gasteiger partial charge in [0.05, 0.1) is 27.3 Å². The summed E-state index contributed by atoms with van der Waals surface area (Å²) in [6.45, 7) is 2.17. The summed E-state index contributed by atoms with van der Waals surface area (Å²) in [6, 6.07) is 18.3. The lowest BCUT2D eigenvalue weighted by Gasteiger charge is -2.38. The van der Waals surface area contributed by atoms with Crippen molar-refractivity contribution in [2.24, 2.45) is 0 Å². The predicted molar refractivity (Wildman–Crippen MR) is 141 cm³/mol. The summed E-state index contributed by atoms with van der Waals surface area (Å²) < 4.78 is 28.1. The zero-order valence-electron chi connectivity index (χ0n) is 19.4. The van der Waals surface area contributed by atoms with Crippen LogP contribution in [0.25, 0.3) is 0 Å². The average molecular weight is 546 g/mol. The van der Waals surface area contributed by atoms with E-state index in [0.717, 1.165) is 0 Å². The highest BCUT2D eigenvalue weighted by Gasteiger charge is 2.43. The Morgan fingerprint density at radius 1 is 0.861 bits per heavy atom. The van der Waals surface area contributed by atoms with Crippen LogP contribution < -0.4 is 9.80 Å². The maximum atomic E-state index is 13.8. The number of benzene rings is 2. The van der Waals surface area contributed by atoms with Gasteiger partial charge in [-0.15, -0.1) is 0 Å². The number of pyridine rings is 1. The molecule has 1 amide bonds. The topological polar surface area (TPSA) is 77.1 Å². The first-order chi connectivity index (χ1) is 17.4. The van der Waals surface area contributed by atoms with Crippen molar-refractivity contribution in [3.63, 3.8) is 0 Å². The minimum Gasteiger partial charge on any atom is -0.352 e. The largest absolute Gasteiger partial charge is 0.352 e. The van der Waals surface area contributed by atoms with E-state index in [-0.39, 0.29) is 24.0 Å². The summed E-state index contributed by atoms with van der Waals surface area (Å²) in [5.41, 5.74) is 0.627. The second kappa shape index (κ2) is 10.3. The maximum absolute atomic E-state index is 13.8. The normalized spacial score (nSPS) is 19.1. The van der Waals surface area contributed by atoms with E-state index in [1.807, 2.05) is 12.1 Å². The van der Waals surface area contributed by atoms with E-state index in [1.165, 1.54) is 4.31 Å². The zero-order valence-corrected chi connectivity index (χ0v) is 21.7. The molecule has 2 aliphatic heterocycles. The van der Waals surface area contributed by atoms with Crippen LogP contribution in [0, 0.1) is 0 Å². The Morgan fingerprint density at radius 3 is 2.22 bits per heavy atom. The van der Waals surface area contributed by atoms with Gasteiger partial charge in [0.25, 0.3) is 0 Å². The Bertz CT molecular complexity index is 1350. The van der Waals surface area contributed by atoms with Crippen molar-refractivity contribution in [1.29, 1.82) is 0 Å². The van der Waals surface area contributed by atoms with E-state index >= 15 is 0 Å². The van der Waals surface area contributed by atoms with Crippen molar-refractivity contribution >= 4 is 50.6 Å². The molecule has 188 valence electrons. The number of nitrogens with zero attached hydrogens (tertiary/aromatic N) is 5. The highest BCUT2D eigenvalue weighted by atomic mass is 35.5. The van der Waals surface area contributed by atoms with Crippen LogP contribution in [0.5, 0.6) is 0 Å². The number of piperazine rings is 1. The number of amides is 1. The molecule has 0 spiro atoms. The Balaban J connectivity index is 1.38. The van der Waals surface area contributed by atoms with Gasteiger partial charge in [-0.2, -0.15) is 4.31 Å². The van der Waals surface area contributed by atoms with Gasteiger partial charge in [0.15, 0.2) is 0 Å². The summed E-state index contributed by atoms with van der Waals surface area (Å²) in [5, 5.41) is 1.03. The van der Waals surface area contributed by atoms with Crippen LogP contribution >= 0.6 is 23.2 Å². The lowest BCUT2D eigenvalue weighted by molar-refractivity contribution is -0.132. The molecule has 0 N–H and O–H groups in total. The van der Waals surface area contributed by atoms with Crippen molar-refractivity contribution in [2.75, 3.05) is 49.2 Å². The Hall–Kier alpha value is -2.85. The molecule has 1 unspecified atom stereocenters. The van der Waals surface area contributed by atoms with E-state index in [0.29, 0.717) is 47.7 Å². The van der Waals surface area contributed by atoms with E-state index in [4.69, 9.17) is 23.2 Å². The maximum Gasteiger partial charge on any atom is 0.246 e. The molecule has 36 heavy (non-hydrogen) atoms. The third-order valence-electron chi connectivity index (χ3n) is 6.52. The minimum absolute atomic E-state index is 0.0286. The fourth-order valence-electron chi connectivity index (χ4n) is 4.63. The summed E-state index contributed by atoms with van der Waals surface area (Å²) in [5.74, 6) is 0.567. The summed E-state index contributed by atoms with van der Waals surface area (Å²) in [7, 11) is -3.79. The third-order valence-corrected chi connectivity index (χ3v) is 8.95. The van der Waals surface area contributed by atoms with Crippen LogP contribution in [0.1, 0.15) is 0 Å². The number of hydrogen-bond acceptors (Lipinski definition) is 6. The Kier molecular flexibility index (Phi) is 7.07. The molecular weight excluding hydrogens is 521 g/mol. The second-order valence-corrected chi connectivity index (χ2v) is 11.4. The first-order valence-corrected chi connectivity index (χ1v) is 13.8. The fourth-order valence-corrected chi connectivity index (χ4v) is 6.53. The Labute approximate surface area is 220 Å². The number of carbonyl (C=O) groups is 1. The molecule has 1 aromatic heterocycles. The van der Waals surface area contributed by atoms with Crippen molar-refractivity contribution in [1.82, 2.24) is 14.2 Å². The second-order valence-electron chi connectivity index (χ2n) is 8.65. The van der Waals surface area contributed by atoms with Gasteiger partial charge in [0, 0.05) is 38.9 Å². The smallest absolute Gasteiger partial charge is 0.246 e. The molecule has 0 aliphatic carbocycles. The summed E-state index contributed by atoms with van der Waals surface area (Å²) in [4.78, 5) is 24.0. The number of aromatic nitrogens is 1. The molecule has 0 saturated carbocycles. The molecule has 2 aliphatic rings. The number of rotatable bonds is 5. The first-order valence-electron chi connectivity index (χ1n) is 11.6. The molecule has 11 heteroatoms. The van der Waals surface area contributed by atoms with Gasteiger partial charge in [-0.05, 0) is 36.4 Å². The van der Waals surface area contributed by atoms with Crippen LogP contribution in [-0.4, -0.2) is 73.9 Å². The monoisotopic (exact) mass is 545 g/mol. The summed E-state index contributed by atoms with van der Waals surface area (Å²) >= 11 is 12.8. The van der Waals surface area contributed by atoms with Gasteiger partial charge in [-0.3, -0.25) is 4.79 Å². The van der Waals surface area contributed by atoms with Crippen LogP contribution in [0.4, 0.5) is 11.5 Å². The van der Waals surface area contributed by atoms with Gasteiger partial charge >= 0.3 is 0 Å². The minimum atomic E-state index is -3.79. The molecule has 2 saturated heterocycles. The molecule has 2 aromatic carbocycles. The molecular formula is C25H25Cl2N5O3S. The van der Waals surface area contributed by atoms with Crippen molar-refractivity contribution in [2.45, 2.75) is 10.9 Å². The quantitative estimate of drug-likeness (QED) is 0.487. The number of anilines is 2. The standard InChI is InChI=1S/C25H25Cl2N5O3S/c26-20-9-4-5-11-22(20)32-18-31(36(34,35)19-7-2-1-3-8-19)17-23(32)25(33)30-15-13-29(14-16-30)24-21(27)10-6-12-28-24/h1-12,23H,13-18H2. The molecule has 1 atom stereocenters. The van der Waals surface area contributed by atoms with E-state index in [1.54, 1.807) is 70.6 Å². The van der Waals surface area contributed by atoms with Crippen LogP contribution in [-0.2, 0) is 14.8 Å². The van der Waals surface area contributed by atoms with Crippen LogP contribution in [0.3, 0.4) is 0 Å². The van der Waals surface area contributed by atoms with Gasteiger partial charge in [0.2, 0.25) is 15.9 Å². The number of hydrogen-bond donors (Lipinski definition) is 0. The van der Waals surface area contributed by atoms with Crippen molar-refractivity contribution in [3.8, 4) is 0 Å². The molecule has 3 aromatic rings. The third kappa shape index (κ3) is 4.76. The molecule has 5 rings (SSSR count). The zero-order chi connectivity index (χ0) is 25.3. The molecule has 3 heterocycles. The average Bonchev–Trinajstić information content (AvgIpc) is 3.36. The SMILES string of the molecule is O=C(C1CN(S(=O)(=O)c2ccccc2)CN1c1ccccc1Cl)N1CCN(c2ncccc2Cl)CC1. The summed E-state index contributed by atoms with van der Waals surface area (Å²) in [6.07, 6.45) is 1.69. The number of carbonyl (C=O) groups excluding carboxylic acids is 1. The molecule has 0 radical (unpaired) electrons. The lowest BCUT2D eigenvalue weighted by atomic mass is 10.2. The van der Waals surface area contributed by atoms with Gasteiger partial charge < -0.3 is 14.7 Å². The van der Waals surface area contributed by atoms with Gasteiger partial charge in [0.1, 0.15) is 11.9 Å². The molecule has 0 bridgehead atoms. The van der Waals surface area contributed by atoms with Crippen LogP contribution in [0.2, 0.25) is 10.0 Å². The van der Waals surface area contributed by atoms with Gasteiger partial charge in [-0.25, -0.2) is 13.4 Å². The highest BCUT2D eigenvalue weighted by Crippen LogP contribution is 2.33. The van der Waals surface area contributed by atoms with E-state index in [9.17, 15) is 13.2 Å². The number of sulfonamides is 1. The van der Waals surface area contributed by atoms with E-state index in [2.05, 4.69) is 9.88 Å². The molecule has 8 nitrogen and oxygen atoms in total. The first kappa shape index (κ1) is 24.8. The van der Waals surface area contributed by atoms with Crippen molar-refractivity contribution in [3.05, 3.63) is 83.0 Å². The fraction of sp³-hybridized carbons (Fsp3) is 0.280. The predicted octanol–water partition coefficient (Wildman–Crippen LogP) is 3.57.